The first-order valence-corrected chi connectivity index (χ1v) is 8.26. The smallest absolute Gasteiger partial charge is 0.280 e. The minimum atomic E-state index is -0.387. The third-order valence-corrected chi connectivity index (χ3v) is 4.22. The first kappa shape index (κ1) is 17.0. The van der Waals surface area contributed by atoms with Crippen LogP contribution >= 0.6 is 11.6 Å². The lowest BCUT2D eigenvalue weighted by Crippen LogP contribution is -2.16. The van der Waals surface area contributed by atoms with E-state index >= 15 is 0 Å². The summed E-state index contributed by atoms with van der Waals surface area (Å²) in [4.78, 5) is 12.6. The molecule has 3 aromatic rings. The number of benzene rings is 2. The minimum Gasteiger partial charge on any atom is -0.382 e. The molecule has 0 aliphatic heterocycles. The molecule has 3 rings (SSSR count). The van der Waals surface area contributed by atoms with Crippen LogP contribution in [0.1, 0.15) is 28.5 Å². The zero-order valence-corrected chi connectivity index (χ0v) is 14.7. The molecule has 1 aromatic heterocycles. The molecule has 3 N–H and O–H groups in total. The number of nitrogen functional groups attached to an aromatic ring is 1. The van der Waals surface area contributed by atoms with Crippen LogP contribution in [-0.4, -0.2) is 20.9 Å². The normalized spacial score (nSPS) is 10.7. The highest BCUT2D eigenvalue weighted by Gasteiger charge is 2.20. The number of carbonyl (C=O) groups excluding carboxylic acids is 1. The van der Waals surface area contributed by atoms with Crippen molar-refractivity contribution in [2.24, 2.45) is 0 Å². The van der Waals surface area contributed by atoms with E-state index in [1.54, 1.807) is 24.3 Å². The van der Waals surface area contributed by atoms with Gasteiger partial charge in [-0.05, 0) is 48.7 Å². The Bertz CT molecular complexity index is 918. The van der Waals surface area contributed by atoms with Crippen molar-refractivity contribution in [3.63, 3.8) is 0 Å². The molecule has 0 unspecified atom stereocenters. The highest BCUT2D eigenvalue weighted by Crippen LogP contribution is 2.23. The van der Waals surface area contributed by atoms with Gasteiger partial charge in [0.1, 0.15) is 0 Å². The number of amides is 1. The van der Waals surface area contributed by atoms with Crippen LogP contribution in [0.15, 0.2) is 42.5 Å². The molecule has 0 aliphatic rings. The average Bonchev–Trinajstić information content (AvgIpc) is 2.99. The van der Waals surface area contributed by atoms with Gasteiger partial charge in [-0.25, -0.2) is 0 Å². The number of anilines is 2. The summed E-state index contributed by atoms with van der Waals surface area (Å²) in [6, 6.07) is 12.8. The maximum absolute atomic E-state index is 12.6. The number of aromatic nitrogens is 3. The number of nitrogens with zero attached hydrogens (tertiary/aromatic N) is 3. The van der Waals surface area contributed by atoms with Gasteiger partial charge in [0.05, 0.1) is 5.69 Å². The van der Waals surface area contributed by atoms with E-state index < -0.39 is 0 Å². The number of carbonyl (C=O) groups is 1. The second kappa shape index (κ2) is 6.94. The molecule has 0 radical (unpaired) electrons. The van der Waals surface area contributed by atoms with Crippen LogP contribution in [0.3, 0.4) is 0 Å². The quantitative estimate of drug-likeness (QED) is 0.748. The van der Waals surface area contributed by atoms with Crippen LogP contribution in [0.2, 0.25) is 5.02 Å². The van der Waals surface area contributed by atoms with Gasteiger partial charge >= 0.3 is 0 Å². The van der Waals surface area contributed by atoms with E-state index in [9.17, 15) is 4.79 Å². The predicted octanol–water partition coefficient (Wildman–Crippen LogP) is 3.63. The molecule has 2 aromatic carbocycles. The van der Waals surface area contributed by atoms with Gasteiger partial charge in [0.2, 0.25) is 0 Å². The van der Waals surface area contributed by atoms with Crippen molar-refractivity contribution in [2.75, 3.05) is 11.1 Å². The second-order valence-corrected chi connectivity index (χ2v) is 6.06. The van der Waals surface area contributed by atoms with Gasteiger partial charge in [0.15, 0.2) is 11.5 Å². The number of nitrogens with one attached hydrogen (secondary N) is 1. The molecule has 0 aliphatic carbocycles. The van der Waals surface area contributed by atoms with Crippen molar-refractivity contribution in [3.8, 4) is 5.69 Å². The molecule has 6 nitrogen and oxygen atoms in total. The molecule has 0 spiro atoms. The molecular formula is C18H18ClN5O. The van der Waals surface area contributed by atoms with E-state index in [-0.39, 0.29) is 17.4 Å². The Morgan fingerprint density at radius 1 is 1.24 bits per heavy atom. The lowest BCUT2D eigenvalue weighted by Gasteiger charge is -2.12. The Morgan fingerprint density at radius 3 is 2.64 bits per heavy atom. The van der Waals surface area contributed by atoms with Gasteiger partial charge in [-0.3, -0.25) is 4.79 Å². The topological polar surface area (TPSA) is 85.8 Å². The average molecular weight is 356 g/mol. The van der Waals surface area contributed by atoms with Crippen LogP contribution < -0.4 is 11.1 Å². The lowest BCUT2D eigenvalue weighted by atomic mass is 10.1. The van der Waals surface area contributed by atoms with Gasteiger partial charge in [-0.15, -0.1) is 5.10 Å². The minimum absolute atomic E-state index is 0.0836. The van der Waals surface area contributed by atoms with Crippen LogP contribution in [-0.2, 0) is 6.42 Å². The third-order valence-electron chi connectivity index (χ3n) is 3.97. The van der Waals surface area contributed by atoms with E-state index in [0.717, 1.165) is 23.2 Å². The highest BCUT2D eigenvalue weighted by atomic mass is 35.5. The molecule has 0 saturated carbocycles. The van der Waals surface area contributed by atoms with Gasteiger partial charge in [0.25, 0.3) is 5.91 Å². The highest BCUT2D eigenvalue weighted by molar-refractivity contribution is 6.30. The molecule has 0 saturated heterocycles. The Kier molecular flexibility index (Phi) is 4.72. The zero-order chi connectivity index (χ0) is 18.0. The molecule has 7 heteroatoms. The van der Waals surface area contributed by atoms with Crippen LogP contribution in [0.4, 0.5) is 11.5 Å². The first-order valence-electron chi connectivity index (χ1n) is 7.88. The van der Waals surface area contributed by atoms with E-state index in [2.05, 4.69) is 15.6 Å². The fourth-order valence-corrected chi connectivity index (χ4v) is 2.72. The first-order chi connectivity index (χ1) is 12.0. The molecule has 128 valence electrons. The van der Waals surface area contributed by atoms with Gasteiger partial charge in [-0.1, -0.05) is 41.9 Å². The van der Waals surface area contributed by atoms with E-state index in [4.69, 9.17) is 17.3 Å². The number of para-hydroxylation sites is 1. The molecule has 25 heavy (non-hydrogen) atoms. The molecule has 1 amide bonds. The van der Waals surface area contributed by atoms with Crippen molar-refractivity contribution >= 4 is 29.0 Å². The zero-order valence-electron chi connectivity index (χ0n) is 14.0. The largest absolute Gasteiger partial charge is 0.382 e. The summed E-state index contributed by atoms with van der Waals surface area (Å²) in [5.41, 5.74) is 9.67. The van der Waals surface area contributed by atoms with Gasteiger partial charge in [-0.2, -0.15) is 4.68 Å². The predicted molar refractivity (Wildman–Crippen MR) is 99.3 cm³/mol. The van der Waals surface area contributed by atoms with Crippen LogP contribution in [0.25, 0.3) is 5.69 Å². The van der Waals surface area contributed by atoms with Crippen molar-refractivity contribution in [1.82, 2.24) is 15.0 Å². The second-order valence-electron chi connectivity index (χ2n) is 5.63. The Balaban J connectivity index is 1.91. The third kappa shape index (κ3) is 3.34. The van der Waals surface area contributed by atoms with Crippen molar-refractivity contribution < 1.29 is 4.79 Å². The molecular weight excluding hydrogens is 338 g/mol. The van der Waals surface area contributed by atoms with E-state index in [1.165, 1.54) is 4.68 Å². The number of aryl methyl sites for hydroxylation is 2. The fraction of sp³-hybridized carbons (Fsp3) is 0.167. The Hall–Kier alpha value is -2.86. The van der Waals surface area contributed by atoms with Crippen LogP contribution in [0, 0.1) is 6.92 Å². The Morgan fingerprint density at radius 2 is 1.96 bits per heavy atom. The molecule has 1 heterocycles. The summed E-state index contributed by atoms with van der Waals surface area (Å²) in [5, 5.41) is 11.4. The summed E-state index contributed by atoms with van der Waals surface area (Å²) in [6.45, 7) is 3.98. The summed E-state index contributed by atoms with van der Waals surface area (Å²) in [6.07, 6.45) is 0.810. The number of rotatable bonds is 4. The number of hydrogen-bond donors (Lipinski definition) is 2. The van der Waals surface area contributed by atoms with Crippen molar-refractivity contribution in [2.45, 2.75) is 20.3 Å². The Labute approximate surface area is 150 Å². The van der Waals surface area contributed by atoms with E-state index in [1.807, 2.05) is 32.0 Å². The van der Waals surface area contributed by atoms with E-state index in [0.29, 0.717) is 10.7 Å². The number of halogens is 1. The summed E-state index contributed by atoms with van der Waals surface area (Å²) in [5.74, 6) is -0.215. The van der Waals surface area contributed by atoms with Gasteiger partial charge in [0, 0.05) is 10.7 Å². The van der Waals surface area contributed by atoms with Crippen LogP contribution in [0.5, 0.6) is 0 Å². The van der Waals surface area contributed by atoms with Gasteiger partial charge < -0.3 is 11.1 Å². The monoisotopic (exact) mass is 355 g/mol. The summed E-state index contributed by atoms with van der Waals surface area (Å²) < 4.78 is 1.41. The SMILES string of the molecule is CCc1cccc(C)c1NC(=O)c1nnn(-c2ccc(Cl)cc2)c1N. The standard InChI is InChI=1S/C18H18ClN5O/c1-3-12-6-4-5-11(2)15(12)21-18(25)16-17(20)24(23-22-16)14-9-7-13(19)8-10-14/h4-10H,3,20H2,1-2H3,(H,21,25). The summed E-state index contributed by atoms with van der Waals surface area (Å²) in [7, 11) is 0. The molecule has 0 fully saturated rings. The maximum atomic E-state index is 12.6. The lowest BCUT2D eigenvalue weighted by molar-refractivity contribution is 0.102. The molecule has 0 bridgehead atoms. The number of nitrogens with two attached hydrogens (primary N) is 1. The van der Waals surface area contributed by atoms with Crippen molar-refractivity contribution in [3.05, 3.63) is 64.3 Å². The maximum Gasteiger partial charge on any atom is 0.280 e. The molecule has 0 atom stereocenters. The fourth-order valence-electron chi connectivity index (χ4n) is 2.60. The van der Waals surface area contributed by atoms with Crippen molar-refractivity contribution in [1.29, 1.82) is 0 Å². The summed E-state index contributed by atoms with van der Waals surface area (Å²) >= 11 is 5.89. The number of hydrogen-bond acceptors (Lipinski definition) is 4.